The Morgan fingerprint density at radius 2 is 1.43 bits per heavy atom. The minimum atomic E-state index is -2.32. The molecule has 4 heteroatoms. The smallest absolute Gasteiger partial charge is 0.311 e. The highest BCUT2D eigenvalue weighted by Crippen LogP contribution is 2.44. The first kappa shape index (κ1) is 31.7. The first-order chi connectivity index (χ1) is 19.3. The largest absolute Gasteiger partial charge is 0.463 e. The van der Waals surface area contributed by atoms with Gasteiger partial charge in [0, 0.05) is 10.6 Å². The molecule has 0 radical (unpaired) electrons. The molecule has 0 aliphatic heterocycles. The predicted molar refractivity (Wildman–Crippen MR) is 173 cm³/mol. The topological polar surface area (TPSA) is 35.5 Å². The number of carbonyl (C=O) groups excluding carboxylic acids is 1. The van der Waals surface area contributed by atoms with Crippen molar-refractivity contribution in [2.75, 3.05) is 13.2 Å². The van der Waals surface area contributed by atoms with Crippen molar-refractivity contribution in [2.24, 2.45) is 11.3 Å². The molecule has 0 N–H and O–H groups in total. The van der Waals surface area contributed by atoms with Crippen molar-refractivity contribution in [1.82, 2.24) is 0 Å². The summed E-state index contributed by atoms with van der Waals surface area (Å²) >= 11 is 0. The molecule has 0 aromatic heterocycles. The Labute approximate surface area is 242 Å². The zero-order valence-electron chi connectivity index (χ0n) is 24.8. The third-order valence-electron chi connectivity index (χ3n) is 7.71. The Morgan fingerprint density at radius 1 is 0.875 bits per heavy atom. The summed E-state index contributed by atoms with van der Waals surface area (Å²) in [6, 6.07) is 30.8. The van der Waals surface area contributed by atoms with Gasteiger partial charge in [-0.05, 0) is 56.4 Å². The molecule has 0 saturated carbocycles. The molecular weight excluding hydrogens is 511 g/mol. The maximum Gasteiger partial charge on any atom is 0.311 e. The second kappa shape index (κ2) is 15.8. The zero-order valence-corrected chi connectivity index (χ0v) is 25.7. The highest BCUT2D eigenvalue weighted by molar-refractivity contribution is 7.83. The molecule has 0 saturated heterocycles. The molecule has 3 aromatic carbocycles. The Hall–Kier alpha value is -2.87. The van der Waals surface area contributed by atoms with Gasteiger partial charge in [0.05, 0.1) is 19.1 Å². The van der Waals surface area contributed by atoms with E-state index in [2.05, 4.69) is 87.8 Å². The van der Waals surface area contributed by atoms with Crippen LogP contribution in [0, 0.1) is 11.3 Å². The first-order valence-electron chi connectivity index (χ1n) is 14.6. The normalized spacial score (nSPS) is 14.2. The maximum absolute atomic E-state index is 13.5. The van der Waals surface area contributed by atoms with Crippen LogP contribution in [0.3, 0.4) is 0 Å². The van der Waals surface area contributed by atoms with Crippen molar-refractivity contribution in [3.63, 3.8) is 0 Å². The summed E-state index contributed by atoms with van der Waals surface area (Å²) in [6.45, 7) is 9.14. The SMILES string of the molecule is C=P(OCCOC(=O)C(C)(CC)CC(C/C=C/CCC(C)C)c1ccccc1)(c1ccccc1)c1ccccc1. The minimum Gasteiger partial charge on any atom is -0.463 e. The van der Waals surface area contributed by atoms with Gasteiger partial charge in [0.1, 0.15) is 6.61 Å². The molecule has 0 bridgehead atoms. The van der Waals surface area contributed by atoms with E-state index in [0.29, 0.717) is 18.9 Å². The van der Waals surface area contributed by atoms with Gasteiger partial charge in [-0.3, -0.25) is 4.79 Å². The molecule has 0 amide bonds. The maximum atomic E-state index is 13.5. The summed E-state index contributed by atoms with van der Waals surface area (Å²) in [6.07, 6.45) is 13.8. The van der Waals surface area contributed by atoms with Crippen LogP contribution in [0.25, 0.3) is 0 Å². The van der Waals surface area contributed by atoms with Crippen molar-refractivity contribution < 1.29 is 14.1 Å². The number of rotatable bonds is 16. The lowest BCUT2D eigenvalue weighted by Gasteiger charge is -2.31. The van der Waals surface area contributed by atoms with Crippen LogP contribution >= 0.6 is 7.11 Å². The summed E-state index contributed by atoms with van der Waals surface area (Å²) in [5.41, 5.74) is 0.686. The number of carbonyl (C=O) groups is 1. The van der Waals surface area contributed by atoms with Gasteiger partial charge in [0.2, 0.25) is 0 Å². The highest BCUT2D eigenvalue weighted by Gasteiger charge is 2.36. The first-order valence-corrected chi connectivity index (χ1v) is 16.5. The average Bonchev–Trinajstić information content (AvgIpc) is 2.99. The van der Waals surface area contributed by atoms with E-state index in [9.17, 15) is 4.79 Å². The summed E-state index contributed by atoms with van der Waals surface area (Å²) < 4.78 is 12.3. The lowest BCUT2D eigenvalue weighted by Crippen LogP contribution is -2.32. The van der Waals surface area contributed by atoms with Crippen LogP contribution in [-0.2, 0) is 14.1 Å². The number of benzene rings is 3. The van der Waals surface area contributed by atoms with Crippen LogP contribution in [0.5, 0.6) is 0 Å². The highest BCUT2D eigenvalue weighted by atomic mass is 31.2. The second-order valence-corrected chi connectivity index (χ2v) is 14.1. The number of hydrogen-bond acceptors (Lipinski definition) is 3. The van der Waals surface area contributed by atoms with E-state index in [1.165, 1.54) is 12.0 Å². The van der Waals surface area contributed by atoms with E-state index in [4.69, 9.17) is 9.26 Å². The lowest BCUT2D eigenvalue weighted by atomic mass is 9.75. The van der Waals surface area contributed by atoms with Gasteiger partial charge in [-0.25, -0.2) is 0 Å². The van der Waals surface area contributed by atoms with Crippen LogP contribution in [0.15, 0.2) is 103 Å². The fraction of sp³-hybridized carbons (Fsp3) is 0.389. The van der Waals surface area contributed by atoms with Gasteiger partial charge < -0.3 is 9.26 Å². The van der Waals surface area contributed by atoms with E-state index in [1.807, 2.05) is 49.4 Å². The standard InChI is InChI=1S/C36H47O3P/c1-6-36(4,29-32(31-20-12-8-13-21-31)22-14-7-11-19-30(2)3)35(37)38-27-28-39-40(5,33-23-15-9-16-24-33)34-25-17-10-18-26-34/h7-10,12-18,20-21,23-26,30,32H,5-6,11,19,22,27-29H2,1-4H3/b14-7+. The van der Waals surface area contributed by atoms with E-state index in [-0.39, 0.29) is 18.5 Å². The number of esters is 1. The molecule has 2 unspecified atom stereocenters. The molecule has 3 rings (SSSR count). The van der Waals surface area contributed by atoms with Crippen molar-refractivity contribution in [3.05, 3.63) is 109 Å². The zero-order chi connectivity index (χ0) is 28.8. The van der Waals surface area contributed by atoms with Crippen LogP contribution in [0.1, 0.15) is 71.3 Å². The molecule has 214 valence electrons. The van der Waals surface area contributed by atoms with E-state index < -0.39 is 12.5 Å². The molecule has 0 aliphatic rings. The average molecular weight is 559 g/mol. The third-order valence-corrected chi connectivity index (χ3v) is 10.6. The van der Waals surface area contributed by atoms with Gasteiger partial charge in [-0.15, -0.1) is 0 Å². The summed E-state index contributed by atoms with van der Waals surface area (Å²) in [4.78, 5) is 13.5. The van der Waals surface area contributed by atoms with Crippen molar-refractivity contribution in [1.29, 1.82) is 0 Å². The molecule has 3 aromatic rings. The Bertz CT molecular complexity index is 1180. The molecule has 0 spiro atoms. The van der Waals surface area contributed by atoms with Crippen molar-refractivity contribution >= 4 is 30.0 Å². The van der Waals surface area contributed by atoms with Gasteiger partial charge in [-0.1, -0.05) is 130 Å². The molecule has 0 heterocycles. The molecule has 0 fully saturated rings. The summed E-state index contributed by atoms with van der Waals surface area (Å²) in [5, 5.41) is 2.14. The summed E-state index contributed by atoms with van der Waals surface area (Å²) in [5.74, 6) is 0.795. The van der Waals surface area contributed by atoms with Crippen LogP contribution in [0.4, 0.5) is 0 Å². The number of hydrogen-bond donors (Lipinski definition) is 0. The van der Waals surface area contributed by atoms with E-state index >= 15 is 0 Å². The van der Waals surface area contributed by atoms with E-state index in [0.717, 1.165) is 29.9 Å². The fourth-order valence-electron chi connectivity index (χ4n) is 4.92. The Balaban J connectivity index is 1.65. The van der Waals surface area contributed by atoms with Crippen molar-refractivity contribution in [3.8, 4) is 0 Å². The molecular formula is C36H47O3P. The van der Waals surface area contributed by atoms with Crippen LogP contribution in [0.2, 0.25) is 0 Å². The fourth-order valence-corrected chi connectivity index (χ4v) is 7.21. The molecule has 3 nitrogen and oxygen atoms in total. The minimum absolute atomic E-state index is 0.157. The van der Waals surface area contributed by atoms with Crippen LogP contribution in [-0.4, -0.2) is 25.5 Å². The molecule has 2 atom stereocenters. The lowest BCUT2D eigenvalue weighted by molar-refractivity contribution is -0.156. The Kier molecular flexibility index (Phi) is 12.5. The van der Waals surface area contributed by atoms with Gasteiger partial charge in [0.15, 0.2) is 0 Å². The third kappa shape index (κ3) is 9.08. The quantitative estimate of drug-likeness (QED) is 0.0765. The molecule has 0 aliphatic carbocycles. The number of ether oxygens (including phenoxy) is 1. The molecule has 40 heavy (non-hydrogen) atoms. The van der Waals surface area contributed by atoms with Crippen LogP contribution < -0.4 is 10.6 Å². The van der Waals surface area contributed by atoms with Gasteiger partial charge >= 0.3 is 5.97 Å². The second-order valence-electron chi connectivity index (χ2n) is 11.3. The van der Waals surface area contributed by atoms with E-state index in [1.54, 1.807) is 0 Å². The number of allylic oxidation sites excluding steroid dienone is 2. The summed E-state index contributed by atoms with van der Waals surface area (Å²) in [7, 11) is -2.32. The predicted octanol–water partition coefficient (Wildman–Crippen LogP) is 8.53. The van der Waals surface area contributed by atoms with Gasteiger partial charge in [-0.2, -0.15) is 0 Å². The van der Waals surface area contributed by atoms with Gasteiger partial charge in [0.25, 0.3) is 0 Å². The Morgan fingerprint density at radius 3 is 1.95 bits per heavy atom. The monoisotopic (exact) mass is 558 g/mol. The van der Waals surface area contributed by atoms with Crippen molar-refractivity contribution in [2.45, 2.75) is 65.7 Å².